The first-order chi connectivity index (χ1) is 13.3. The summed E-state index contributed by atoms with van der Waals surface area (Å²) in [5.41, 5.74) is 0. The van der Waals surface area contributed by atoms with E-state index in [1.54, 1.807) is 12.1 Å². The molecule has 0 saturated heterocycles. The molecule has 0 aliphatic carbocycles. The van der Waals surface area contributed by atoms with Gasteiger partial charge in [0.2, 0.25) is 0 Å². The van der Waals surface area contributed by atoms with Crippen molar-refractivity contribution in [1.29, 1.82) is 0 Å². The number of benzene rings is 2. The molecule has 2 rings (SSSR count). The van der Waals surface area contributed by atoms with Crippen LogP contribution in [0.3, 0.4) is 0 Å². The van der Waals surface area contributed by atoms with Gasteiger partial charge in [0.15, 0.2) is 0 Å². The van der Waals surface area contributed by atoms with Crippen LogP contribution in [0.2, 0.25) is 0 Å². The van der Waals surface area contributed by atoms with Crippen molar-refractivity contribution >= 4 is 31.3 Å². The van der Waals surface area contributed by atoms with E-state index in [0.29, 0.717) is 0 Å². The highest BCUT2D eigenvalue weighted by Gasteiger charge is 2.47. The van der Waals surface area contributed by atoms with E-state index in [4.69, 9.17) is 18.8 Å². The molecule has 2 atom stereocenters. The van der Waals surface area contributed by atoms with Crippen LogP contribution in [0.15, 0.2) is 60.7 Å². The lowest BCUT2D eigenvalue weighted by atomic mass is 10.3. The van der Waals surface area contributed by atoms with Crippen molar-refractivity contribution in [3.05, 3.63) is 60.7 Å². The lowest BCUT2D eigenvalue weighted by molar-refractivity contribution is 0.196. The molecular formula is C12H14O13P4. The van der Waals surface area contributed by atoms with Crippen molar-refractivity contribution in [2.75, 3.05) is 0 Å². The summed E-state index contributed by atoms with van der Waals surface area (Å²) in [5, 5.41) is 0. The van der Waals surface area contributed by atoms with Gasteiger partial charge in [0.25, 0.3) is 0 Å². The lowest BCUT2D eigenvalue weighted by Crippen LogP contribution is -2.05. The molecule has 0 radical (unpaired) electrons. The second-order valence-corrected chi connectivity index (χ2v) is 11.0. The van der Waals surface area contributed by atoms with Gasteiger partial charge in [0.1, 0.15) is 11.5 Å². The van der Waals surface area contributed by atoms with Crippen LogP contribution < -0.4 is 9.05 Å². The number of hydrogen-bond acceptors (Lipinski definition) is 9. The Morgan fingerprint density at radius 3 is 1.31 bits per heavy atom. The van der Waals surface area contributed by atoms with Gasteiger partial charge in [-0.2, -0.15) is 12.9 Å². The molecule has 0 spiro atoms. The normalized spacial score (nSPS) is 16.4. The van der Waals surface area contributed by atoms with Crippen molar-refractivity contribution in [2.24, 2.45) is 0 Å². The first kappa shape index (κ1) is 24.0. The first-order valence-electron chi connectivity index (χ1n) is 7.22. The highest BCUT2D eigenvalue weighted by atomic mass is 31.3. The minimum absolute atomic E-state index is 0.134. The smallest absolute Gasteiger partial charge is 0.395 e. The number of phosphoric ester groups is 1. The number of rotatable bonds is 10. The first-order valence-corrected chi connectivity index (χ1v) is 13.2. The molecular weight excluding hydrogens is 476 g/mol. The Morgan fingerprint density at radius 1 is 0.552 bits per heavy atom. The van der Waals surface area contributed by atoms with Gasteiger partial charge >= 0.3 is 31.3 Å². The summed E-state index contributed by atoms with van der Waals surface area (Å²) in [7, 11) is -22.2. The van der Waals surface area contributed by atoms with Crippen LogP contribution >= 0.6 is 31.3 Å². The van der Waals surface area contributed by atoms with Crippen LogP contribution in [0.5, 0.6) is 11.5 Å². The zero-order valence-corrected chi connectivity index (χ0v) is 17.6. The van der Waals surface area contributed by atoms with Crippen molar-refractivity contribution in [1.82, 2.24) is 0 Å². The third-order valence-corrected chi connectivity index (χ3v) is 8.36. The summed E-state index contributed by atoms with van der Waals surface area (Å²) in [5.74, 6) is -0.268. The summed E-state index contributed by atoms with van der Waals surface area (Å²) in [6.07, 6.45) is 0. The summed E-state index contributed by atoms with van der Waals surface area (Å²) in [6, 6.07) is 14.2. The molecule has 0 bridgehead atoms. The molecule has 0 aliphatic rings. The predicted molar refractivity (Wildman–Crippen MR) is 96.7 cm³/mol. The summed E-state index contributed by atoms with van der Waals surface area (Å²) >= 11 is 0. The third-order valence-electron chi connectivity index (χ3n) is 2.54. The van der Waals surface area contributed by atoms with E-state index in [2.05, 4.69) is 12.9 Å². The molecule has 0 amide bonds. The zero-order valence-electron chi connectivity index (χ0n) is 14.0. The molecule has 17 heteroatoms. The summed E-state index contributed by atoms with van der Waals surface area (Å²) in [4.78, 5) is 35.9. The van der Waals surface area contributed by atoms with Gasteiger partial charge in [0.05, 0.1) is 0 Å². The van der Waals surface area contributed by atoms with Crippen LogP contribution in [0.25, 0.3) is 0 Å². The Bertz CT molecular complexity index is 959. The molecule has 0 fully saturated rings. The number of para-hydroxylation sites is 2. The van der Waals surface area contributed by atoms with Gasteiger partial charge in [-0.25, -0.2) is 18.3 Å². The quantitative estimate of drug-likeness (QED) is 0.353. The molecule has 0 aromatic heterocycles. The fourth-order valence-electron chi connectivity index (χ4n) is 1.69. The molecule has 13 nitrogen and oxygen atoms in total. The van der Waals surface area contributed by atoms with Crippen molar-refractivity contribution < 1.29 is 59.8 Å². The molecule has 2 unspecified atom stereocenters. The maximum atomic E-state index is 12.9. The van der Waals surface area contributed by atoms with Gasteiger partial charge < -0.3 is 28.6 Å². The monoisotopic (exact) mass is 490 g/mol. The van der Waals surface area contributed by atoms with Gasteiger partial charge in [-0.3, -0.25) is 0 Å². The second-order valence-electron chi connectivity index (χ2n) is 4.93. The highest BCUT2D eigenvalue weighted by Crippen LogP contribution is 2.71. The summed E-state index contributed by atoms with van der Waals surface area (Å²) in [6.45, 7) is 0. The second kappa shape index (κ2) is 9.22. The van der Waals surface area contributed by atoms with E-state index in [-0.39, 0.29) is 11.5 Å². The zero-order chi connectivity index (χ0) is 21.8. The standard InChI is InChI=1S/C12H14O13P4/c13-26(14,15)23-27(16,17)24-28(18,19)25-29(20,21-11-7-3-1-4-8-11)22-12-9-5-2-6-10-12/h1-10H,(H,16,17)(H,18,19)(H2,13,14,15). The SMILES string of the molecule is O=P(O)(O)OP(=O)(O)OP(=O)(O)OP(=O)(Oc1ccccc1)Oc1ccccc1. The Labute approximate surface area is 163 Å². The predicted octanol–water partition coefficient (Wildman–Crippen LogP) is 3.60. The molecule has 2 aromatic rings. The largest absolute Gasteiger partial charge is 0.596 e. The van der Waals surface area contributed by atoms with E-state index < -0.39 is 31.3 Å². The number of phosphoric acid groups is 4. The van der Waals surface area contributed by atoms with Crippen molar-refractivity contribution in [3.8, 4) is 11.5 Å². The van der Waals surface area contributed by atoms with Crippen molar-refractivity contribution in [2.45, 2.75) is 0 Å². The Kier molecular flexibility index (Phi) is 7.62. The molecule has 29 heavy (non-hydrogen) atoms. The number of hydrogen-bond donors (Lipinski definition) is 4. The minimum Gasteiger partial charge on any atom is -0.395 e. The fraction of sp³-hybridized carbons (Fsp3) is 0. The molecule has 0 saturated carbocycles. The van der Waals surface area contributed by atoms with Gasteiger partial charge in [0, 0.05) is 0 Å². The fourth-order valence-corrected chi connectivity index (χ4v) is 6.66. The maximum Gasteiger partial charge on any atom is 0.596 e. The Morgan fingerprint density at radius 2 is 0.931 bits per heavy atom. The van der Waals surface area contributed by atoms with Gasteiger partial charge in [-0.1, -0.05) is 36.4 Å². The maximum absolute atomic E-state index is 12.9. The topological polar surface area (TPSA) is 195 Å². The van der Waals surface area contributed by atoms with E-state index in [0.717, 1.165) is 0 Å². The van der Waals surface area contributed by atoms with E-state index in [1.165, 1.54) is 48.5 Å². The van der Waals surface area contributed by atoms with Crippen LogP contribution in [0.1, 0.15) is 0 Å². The van der Waals surface area contributed by atoms with E-state index >= 15 is 0 Å². The van der Waals surface area contributed by atoms with Crippen LogP contribution in [0.4, 0.5) is 0 Å². The molecule has 0 heterocycles. The lowest BCUT2D eigenvalue weighted by Gasteiger charge is -2.21. The van der Waals surface area contributed by atoms with Crippen molar-refractivity contribution in [3.63, 3.8) is 0 Å². The molecule has 4 N–H and O–H groups in total. The Hall–Kier alpha value is -1.32. The van der Waals surface area contributed by atoms with Crippen LogP contribution in [-0.2, 0) is 31.2 Å². The van der Waals surface area contributed by atoms with Crippen LogP contribution in [-0.4, -0.2) is 19.6 Å². The van der Waals surface area contributed by atoms with E-state index in [9.17, 15) is 28.0 Å². The highest BCUT2D eigenvalue weighted by molar-refractivity contribution is 7.69. The third kappa shape index (κ3) is 8.92. The van der Waals surface area contributed by atoms with E-state index in [1.807, 2.05) is 0 Å². The molecule has 160 valence electrons. The molecule has 0 aliphatic heterocycles. The average molecular weight is 490 g/mol. The molecule has 2 aromatic carbocycles. The van der Waals surface area contributed by atoms with Crippen LogP contribution in [0, 0.1) is 0 Å². The minimum atomic E-state index is -5.82. The average Bonchev–Trinajstić information content (AvgIpc) is 2.51. The Balaban J connectivity index is 2.28. The summed E-state index contributed by atoms with van der Waals surface area (Å²) < 4.78 is 68.5. The van der Waals surface area contributed by atoms with Gasteiger partial charge in [-0.15, -0.1) is 0 Å². The van der Waals surface area contributed by atoms with Gasteiger partial charge in [-0.05, 0) is 24.3 Å².